The predicted molar refractivity (Wildman–Crippen MR) is 123 cm³/mol. The lowest BCUT2D eigenvalue weighted by Gasteiger charge is -2.10. The van der Waals surface area contributed by atoms with Gasteiger partial charge in [0.2, 0.25) is 0 Å². The lowest BCUT2D eigenvalue weighted by molar-refractivity contribution is 0.102. The molecule has 150 valence electrons. The van der Waals surface area contributed by atoms with E-state index in [9.17, 15) is 4.79 Å². The van der Waals surface area contributed by atoms with E-state index in [0.29, 0.717) is 15.7 Å². The van der Waals surface area contributed by atoms with Gasteiger partial charge in [0.05, 0.1) is 27.1 Å². The molecule has 0 aliphatic carbocycles. The standard InChI is InChI=1S/C24H19Cl2N3O/c1-15-10-12-17(13-11-15)22-14-20(28-29(22)21-9-4-3-6-16(21)2)24(30)27-19-8-5-7-18(25)23(19)26/h3-14H,1-2H3,(H,27,30). The molecule has 4 aromatic rings. The number of aromatic nitrogens is 2. The lowest BCUT2D eigenvalue weighted by Crippen LogP contribution is -2.13. The van der Waals surface area contributed by atoms with Crippen LogP contribution in [-0.4, -0.2) is 15.7 Å². The van der Waals surface area contributed by atoms with E-state index >= 15 is 0 Å². The highest BCUT2D eigenvalue weighted by atomic mass is 35.5. The maximum absolute atomic E-state index is 13.0. The second-order valence-corrected chi connectivity index (χ2v) is 7.82. The normalized spacial score (nSPS) is 10.8. The van der Waals surface area contributed by atoms with Crippen LogP contribution in [0.5, 0.6) is 0 Å². The van der Waals surface area contributed by atoms with Crippen molar-refractivity contribution in [3.05, 3.63) is 99.7 Å². The molecule has 0 atom stereocenters. The number of nitrogens with one attached hydrogen (secondary N) is 1. The number of carbonyl (C=O) groups excluding carboxylic acids is 1. The first kappa shape index (κ1) is 20.2. The second kappa shape index (κ2) is 8.34. The maximum Gasteiger partial charge on any atom is 0.276 e. The highest BCUT2D eigenvalue weighted by molar-refractivity contribution is 6.44. The van der Waals surface area contributed by atoms with Crippen LogP contribution in [0.3, 0.4) is 0 Å². The van der Waals surface area contributed by atoms with E-state index in [1.165, 1.54) is 0 Å². The van der Waals surface area contributed by atoms with Crippen molar-refractivity contribution in [3.8, 4) is 16.9 Å². The van der Waals surface area contributed by atoms with Crippen LogP contribution >= 0.6 is 23.2 Å². The van der Waals surface area contributed by atoms with Crippen LogP contribution in [0, 0.1) is 13.8 Å². The average molecular weight is 436 g/mol. The molecule has 0 unspecified atom stereocenters. The van der Waals surface area contributed by atoms with Gasteiger partial charge in [-0.3, -0.25) is 4.79 Å². The van der Waals surface area contributed by atoms with E-state index in [-0.39, 0.29) is 11.6 Å². The molecule has 0 saturated heterocycles. The molecular weight excluding hydrogens is 417 g/mol. The van der Waals surface area contributed by atoms with Gasteiger partial charge in [0.1, 0.15) is 0 Å². The Morgan fingerprint density at radius 1 is 0.933 bits per heavy atom. The molecule has 3 aromatic carbocycles. The zero-order valence-electron chi connectivity index (χ0n) is 16.5. The Kier molecular flexibility index (Phi) is 5.62. The van der Waals surface area contributed by atoms with Crippen LogP contribution in [0.15, 0.2) is 72.8 Å². The number of aryl methyl sites for hydroxylation is 2. The number of benzene rings is 3. The van der Waals surface area contributed by atoms with E-state index in [4.69, 9.17) is 23.2 Å². The molecule has 0 bridgehead atoms. The Bertz CT molecular complexity index is 1230. The van der Waals surface area contributed by atoms with Crippen molar-refractivity contribution >= 4 is 34.8 Å². The summed E-state index contributed by atoms with van der Waals surface area (Å²) in [6.07, 6.45) is 0. The molecular formula is C24H19Cl2N3O. The molecule has 0 saturated carbocycles. The zero-order chi connectivity index (χ0) is 21.3. The Balaban J connectivity index is 1.79. The number of amides is 1. The summed E-state index contributed by atoms with van der Waals surface area (Å²) in [5, 5.41) is 8.09. The molecule has 0 aliphatic heterocycles. The van der Waals surface area contributed by atoms with Crippen molar-refractivity contribution < 1.29 is 4.79 Å². The highest BCUT2D eigenvalue weighted by Crippen LogP contribution is 2.31. The minimum Gasteiger partial charge on any atom is -0.319 e. The smallest absolute Gasteiger partial charge is 0.276 e. The Morgan fingerprint density at radius 3 is 2.40 bits per heavy atom. The molecule has 0 radical (unpaired) electrons. The molecule has 4 nitrogen and oxygen atoms in total. The molecule has 1 aromatic heterocycles. The Hall–Kier alpha value is -3.08. The third-order valence-electron chi connectivity index (χ3n) is 4.83. The first-order valence-electron chi connectivity index (χ1n) is 9.42. The van der Waals surface area contributed by atoms with Crippen molar-refractivity contribution in [2.75, 3.05) is 5.32 Å². The number of hydrogen-bond donors (Lipinski definition) is 1. The summed E-state index contributed by atoms with van der Waals surface area (Å²) in [6.45, 7) is 4.05. The van der Waals surface area contributed by atoms with Crippen molar-refractivity contribution in [3.63, 3.8) is 0 Å². The molecule has 0 fully saturated rings. The highest BCUT2D eigenvalue weighted by Gasteiger charge is 2.19. The van der Waals surface area contributed by atoms with Gasteiger partial charge in [-0.1, -0.05) is 77.3 Å². The zero-order valence-corrected chi connectivity index (χ0v) is 18.0. The van der Waals surface area contributed by atoms with E-state index in [0.717, 1.165) is 28.1 Å². The topological polar surface area (TPSA) is 46.9 Å². The molecule has 0 aliphatic rings. The van der Waals surface area contributed by atoms with E-state index in [2.05, 4.69) is 10.4 Å². The van der Waals surface area contributed by atoms with E-state index in [1.807, 2.05) is 62.4 Å². The first-order chi connectivity index (χ1) is 14.4. The largest absolute Gasteiger partial charge is 0.319 e. The Morgan fingerprint density at radius 2 is 1.67 bits per heavy atom. The lowest BCUT2D eigenvalue weighted by atomic mass is 10.1. The van der Waals surface area contributed by atoms with Gasteiger partial charge < -0.3 is 5.32 Å². The number of hydrogen-bond acceptors (Lipinski definition) is 2. The van der Waals surface area contributed by atoms with Gasteiger partial charge in [-0.2, -0.15) is 5.10 Å². The minimum atomic E-state index is -0.361. The van der Waals surface area contributed by atoms with Crippen molar-refractivity contribution in [1.82, 2.24) is 9.78 Å². The number of para-hydroxylation sites is 1. The number of rotatable bonds is 4. The molecule has 6 heteroatoms. The van der Waals surface area contributed by atoms with E-state index in [1.54, 1.807) is 28.9 Å². The van der Waals surface area contributed by atoms with Crippen LogP contribution in [-0.2, 0) is 0 Å². The van der Waals surface area contributed by atoms with E-state index < -0.39 is 0 Å². The van der Waals surface area contributed by atoms with Gasteiger partial charge in [-0.05, 0) is 43.7 Å². The third-order valence-corrected chi connectivity index (χ3v) is 5.65. The van der Waals surface area contributed by atoms with Crippen LogP contribution in [0.4, 0.5) is 5.69 Å². The van der Waals surface area contributed by atoms with Gasteiger partial charge in [-0.25, -0.2) is 4.68 Å². The van der Waals surface area contributed by atoms with Gasteiger partial charge in [0.25, 0.3) is 5.91 Å². The average Bonchev–Trinajstić information content (AvgIpc) is 3.17. The number of halogens is 2. The fraction of sp³-hybridized carbons (Fsp3) is 0.0833. The molecule has 1 N–H and O–H groups in total. The third kappa shape index (κ3) is 3.97. The van der Waals surface area contributed by atoms with Crippen LogP contribution in [0.2, 0.25) is 10.0 Å². The number of anilines is 1. The minimum absolute atomic E-state index is 0.282. The van der Waals surface area contributed by atoms with Gasteiger partial charge in [0, 0.05) is 5.56 Å². The van der Waals surface area contributed by atoms with Crippen molar-refractivity contribution in [2.45, 2.75) is 13.8 Å². The quantitative estimate of drug-likeness (QED) is 0.386. The molecule has 1 amide bonds. The summed E-state index contributed by atoms with van der Waals surface area (Å²) in [5.41, 5.74) is 5.64. The fourth-order valence-electron chi connectivity index (χ4n) is 3.19. The van der Waals surface area contributed by atoms with Crippen LogP contribution in [0.1, 0.15) is 21.6 Å². The van der Waals surface area contributed by atoms with Crippen molar-refractivity contribution in [1.29, 1.82) is 0 Å². The molecule has 0 spiro atoms. The van der Waals surface area contributed by atoms with Crippen LogP contribution < -0.4 is 5.32 Å². The number of carbonyl (C=O) groups is 1. The molecule has 1 heterocycles. The predicted octanol–water partition coefficient (Wildman–Crippen LogP) is 6.72. The summed E-state index contributed by atoms with van der Waals surface area (Å²) in [6, 6.07) is 22.9. The maximum atomic E-state index is 13.0. The molecule has 4 rings (SSSR count). The SMILES string of the molecule is Cc1ccc(-c2cc(C(=O)Nc3cccc(Cl)c3Cl)nn2-c2ccccc2C)cc1. The van der Waals surface area contributed by atoms with Gasteiger partial charge in [0.15, 0.2) is 5.69 Å². The summed E-state index contributed by atoms with van der Waals surface area (Å²) >= 11 is 12.3. The van der Waals surface area contributed by atoms with Crippen LogP contribution in [0.25, 0.3) is 16.9 Å². The summed E-state index contributed by atoms with van der Waals surface area (Å²) in [4.78, 5) is 13.0. The second-order valence-electron chi connectivity index (χ2n) is 7.03. The van der Waals surface area contributed by atoms with Gasteiger partial charge in [-0.15, -0.1) is 0 Å². The molecule has 30 heavy (non-hydrogen) atoms. The first-order valence-corrected chi connectivity index (χ1v) is 10.2. The number of nitrogens with zero attached hydrogens (tertiary/aromatic N) is 2. The fourth-order valence-corrected chi connectivity index (χ4v) is 3.54. The van der Waals surface area contributed by atoms with Gasteiger partial charge >= 0.3 is 0 Å². The monoisotopic (exact) mass is 435 g/mol. The summed E-state index contributed by atoms with van der Waals surface area (Å²) < 4.78 is 1.80. The Labute approximate surface area is 185 Å². The summed E-state index contributed by atoms with van der Waals surface area (Å²) in [5.74, 6) is -0.361. The van der Waals surface area contributed by atoms with Crippen molar-refractivity contribution in [2.24, 2.45) is 0 Å². The summed E-state index contributed by atoms with van der Waals surface area (Å²) in [7, 11) is 0.